The van der Waals surface area contributed by atoms with Crippen molar-refractivity contribution in [2.24, 2.45) is 0 Å². The molecule has 0 aliphatic heterocycles. The third-order valence-corrected chi connectivity index (χ3v) is 2.82. The maximum atomic E-state index is 11.9. The monoisotopic (exact) mass is 297 g/mol. The smallest absolute Gasteiger partial charge is 0.340 e. The second-order valence-electron chi connectivity index (χ2n) is 4.31. The predicted octanol–water partition coefficient (Wildman–Crippen LogP) is 3.39. The van der Waals surface area contributed by atoms with Gasteiger partial charge in [-0.05, 0) is 36.4 Å². The van der Waals surface area contributed by atoms with Gasteiger partial charge in [0.25, 0.3) is 0 Å². The van der Waals surface area contributed by atoms with Gasteiger partial charge in [0.1, 0.15) is 11.5 Å². The van der Waals surface area contributed by atoms with Crippen molar-refractivity contribution in [2.75, 3.05) is 12.4 Å². The quantitative estimate of drug-likeness (QED) is 0.678. The van der Waals surface area contributed by atoms with Crippen LogP contribution in [0.15, 0.2) is 61.2 Å². The molecule has 0 bridgehead atoms. The number of carbonyl (C=O) groups excluding carboxylic acids is 2. The minimum Gasteiger partial charge on any atom is -0.465 e. The highest BCUT2D eigenvalue weighted by molar-refractivity contribution is 6.04. The zero-order valence-electron chi connectivity index (χ0n) is 12.0. The Morgan fingerprint density at radius 2 is 1.82 bits per heavy atom. The van der Waals surface area contributed by atoms with Gasteiger partial charge in [0.2, 0.25) is 5.91 Å². The van der Waals surface area contributed by atoms with Gasteiger partial charge in [-0.25, -0.2) is 4.79 Å². The summed E-state index contributed by atoms with van der Waals surface area (Å²) in [6, 6.07) is 13.9. The number of para-hydroxylation sites is 1. The number of amides is 1. The van der Waals surface area contributed by atoms with E-state index in [-0.39, 0.29) is 5.56 Å². The molecule has 0 aromatic heterocycles. The van der Waals surface area contributed by atoms with E-state index in [0.717, 1.165) is 6.08 Å². The lowest BCUT2D eigenvalue weighted by molar-refractivity contribution is -0.111. The van der Waals surface area contributed by atoms with E-state index in [9.17, 15) is 9.59 Å². The van der Waals surface area contributed by atoms with Crippen LogP contribution in [0, 0.1) is 0 Å². The molecule has 0 radical (unpaired) electrons. The first-order chi connectivity index (χ1) is 10.6. The molecule has 2 aromatic carbocycles. The van der Waals surface area contributed by atoms with Gasteiger partial charge < -0.3 is 14.8 Å². The molecule has 1 amide bonds. The van der Waals surface area contributed by atoms with Gasteiger partial charge in [-0.3, -0.25) is 4.79 Å². The molecule has 22 heavy (non-hydrogen) atoms. The van der Waals surface area contributed by atoms with Crippen molar-refractivity contribution >= 4 is 17.6 Å². The van der Waals surface area contributed by atoms with Crippen molar-refractivity contribution in [3.05, 3.63) is 66.7 Å². The molecule has 0 heterocycles. The summed E-state index contributed by atoms with van der Waals surface area (Å²) in [7, 11) is 1.27. The minimum absolute atomic E-state index is 0.200. The summed E-state index contributed by atoms with van der Waals surface area (Å²) >= 11 is 0. The van der Waals surface area contributed by atoms with Crippen LogP contribution in [0.5, 0.6) is 11.5 Å². The fourth-order valence-electron chi connectivity index (χ4n) is 1.78. The van der Waals surface area contributed by atoms with Crippen LogP contribution >= 0.6 is 0 Å². The Hall–Kier alpha value is -3.08. The molecule has 0 aliphatic carbocycles. The topological polar surface area (TPSA) is 64.6 Å². The summed E-state index contributed by atoms with van der Waals surface area (Å²) < 4.78 is 10.4. The molecule has 0 aliphatic rings. The van der Waals surface area contributed by atoms with E-state index in [1.165, 1.54) is 13.2 Å². The van der Waals surface area contributed by atoms with E-state index < -0.39 is 11.9 Å². The number of rotatable bonds is 5. The summed E-state index contributed by atoms with van der Waals surface area (Å²) in [4.78, 5) is 23.3. The largest absolute Gasteiger partial charge is 0.465 e. The molecule has 2 rings (SSSR count). The van der Waals surface area contributed by atoms with Gasteiger partial charge in [-0.15, -0.1) is 0 Å². The van der Waals surface area contributed by atoms with Crippen LogP contribution in [-0.2, 0) is 9.53 Å². The number of benzene rings is 2. The lowest BCUT2D eigenvalue weighted by atomic mass is 10.1. The van der Waals surface area contributed by atoms with Crippen molar-refractivity contribution in [3.63, 3.8) is 0 Å². The molecule has 5 heteroatoms. The second kappa shape index (κ2) is 7.08. The number of ether oxygens (including phenoxy) is 2. The van der Waals surface area contributed by atoms with Crippen LogP contribution in [0.3, 0.4) is 0 Å². The van der Waals surface area contributed by atoms with Crippen LogP contribution in [0.2, 0.25) is 0 Å². The second-order valence-corrected chi connectivity index (χ2v) is 4.31. The Balaban J connectivity index is 2.32. The highest BCUT2D eigenvalue weighted by atomic mass is 16.5. The van der Waals surface area contributed by atoms with Gasteiger partial charge in [0.15, 0.2) is 0 Å². The van der Waals surface area contributed by atoms with Gasteiger partial charge in [0.05, 0.1) is 18.4 Å². The van der Waals surface area contributed by atoms with Crippen molar-refractivity contribution in [1.82, 2.24) is 0 Å². The van der Waals surface area contributed by atoms with Gasteiger partial charge in [-0.1, -0.05) is 24.8 Å². The number of carbonyl (C=O) groups is 2. The zero-order chi connectivity index (χ0) is 15.9. The first-order valence-electron chi connectivity index (χ1n) is 6.52. The van der Waals surface area contributed by atoms with E-state index in [0.29, 0.717) is 17.2 Å². The Morgan fingerprint density at radius 3 is 2.45 bits per heavy atom. The van der Waals surface area contributed by atoms with Crippen LogP contribution in [0.1, 0.15) is 10.4 Å². The van der Waals surface area contributed by atoms with Crippen molar-refractivity contribution in [2.45, 2.75) is 0 Å². The molecule has 0 atom stereocenters. The fraction of sp³-hybridized carbons (Fsp3) is 0.0588. The standard InChI is InChI=1S/C17H15NO4/c1-3-16(19)18-15-10-9-13(11-14(15)17(20)21-2)22-12-7-5-4-6-8-12/h3-11H,1H2,2H3,(H,18,19). The van der Waals surface area contributed by atoms with E-state index in [1.807, 2.05) is 18.2 Å². The van der Waals surface area contributed by atoms with Gasteiger partial charge >= 0.3 is 5.97 Å². The first kappa shape index (κ1) is 15.3. The summed E-state index contributed by atoms with van der Waals surface area (Å²) in [6.45, 7) is 3.37. The van der Waals surface area contributed by atoms with Gasteiger partial charge in [0, 0.05) is 0 Å². The lowest BCUT2D eigenvalue weighted by Gasteiger charge is -2.11. The minimum atomic E-state index is -0.571. The zero-order valence-corrected chi connectivity index (χ0v) is 12.0. The molecule has 112 valence electrons. The molecule has 0 saturated heterocycles. The van der Waals surface area contributed by atoms with Crippen molar-refractivity contribution in [1.29, 1.82) is 0 Å². The van der Waals surface area contributed by atoms with Gasteiger partial charge in [-0.2, -0.15) is 0 Å². The molecule has 0 spiro atoms. The molecular weight excluding hydrogens is 282 g/mol. The molecule has 0 fully saturated rings. The van der Waals surface area contributed by atoms with E-state index in [4.69, 9.17) is 9.47 Å². The lowest BCUT2D eigenvalue weighted by Crippen LogP contribution is -2.12. The molecule has 0 saturated carbocycles. The number of hydrogen-bond acceptors (Lipinski definition) is 4. The number of nitrogens with one attached hydrogen (secondary N) is 1. The van der Waals surface area contributed by atoms with E-state index in [1.54, 1.807) is 24.3 Å². The summed E-state index contributed by atoms with van der Waals surface area (Å²) in [6.07, 6.45) is 1.12. The van der Waals surface area contributed by atoms with E-state index in [2.05, 4.69) is 11.9 Å². The molecular formula is C17H15NO4. The van der Waals surface area contributed by atoms with Crippen LogP contribution in [0.4, 0.5) is 5.69 Å². The number of methoxy groups -OCH3 is 1. The number of anilines is 1. The highest BCUT2D eigenvalue weighted by Gasteiger charge is 2.15. The number of hydrogen-bond donors (Lipinski definition) is 1. The molecule has 5 nitrogen and oxygen atoms in total. The molecule has 1 N–H and O–H groups in total. The van der Waals surface area contributed by atoms with Crippen molar-refractivity contribution < 1.29 is 19.1 Å². The number of esters is 1. The Labute approximate surface area is 128 Å². The third kappa shape index (κ3) is 3.73. The highest BCUT2D eigenvalue weighted by Crippen LogP contribution is 2.27. The Bertz CT molecular complexity index is 695. The maximum absolute atomic E-state index is 11.9. The van der Waals surface area contributed by atoms with Crippen molar-refractivity contribution in [3.8, 4) is 11.5 Å². The Kier molecular flexibility index (Phi) is 4.93. The molecule has 2 aromatic rings. The predicted molar refractivity (Wildman–Crippen MR) is 83.1 cm³/mol. The normalized spacial score (nSPS) is 9.68. The van der Waals surface area contributed by atoms with Crippen LogP contribution in [-0.4, -0.2) is 19.0 Å². The first-order valence-corrected chi connectivity index (χ1v) is 6.52. The molecule has 0 unspecified atom stereocenters. The summed E-state index contributed by atoms with van der Waals surface area (Å²) in [5, 5.41) is 2.55. The summed E-state index contributed by atoms with van der Waals surface area (Å²) in [5.41, 5.74) is 0.531. The average molecular weight is 297 g/mol. The fourth-order valence-corrected chi connectivity index (χ4v) is 1.78. The SMILES string of the molecule is C=CC(=O)Nc1ccc(Oc2ccccc2)cc1C(=O)OC. The van der Waals surface area contributed by atoms with Crippen LogP contribution < -0.4 is 10.1 Å². The maximum Gasteiger partial charge on any atom is 0.340 e. The van der Waals surface area contributed by atoms with Crippen LogP contribution in [0.25, 0.3) is 0 Å². The van der Waals surface area contributed by atoms with E-state index >= 15 is 0 Å². The summed E-state index contributed by atoms with van der Waals surface area (Å²) in [5.74, 6) is 0.115. The third-order valence-electron chi connectivity index (χ3n) is 2.82. The Morgan fingerprint density at radius 1 is 1.09 bits per heavy atom. The average Bonchev–Trinajstić information content (AvgIpc) is 2.56.